The first kappa shape index (κ1) is 18.2. The number of nitrogens with one attached hydrogen (secondary N) is 2. The first-order chi connectivity index (χ1) is 9.58. The number of nitrogens with zero attached hydrogens (tertiary/aromatic N) is 1. The maximum absolute atomic E-state index is 11.6. The van der Waals surface area contributed by atoms with Crippen LogP contribution in [0.4, 0.5) is 4.79 Å². The Balaban J connectivity index is 2.33. The lowest BCUT2D eigenvalue weighted by Crippen LogP contribution is -2.54. The quantitative estimate of drug-likeness (QED) is 0.836. The van der Waals surface area contributed by atoms with Crippen molar-refractivity contribution in [1.82, 2.24) is 15.5 Å². The number of piperidine rings is 1. The van der Waals surface area contributed by atoms with Crippen LogP contribution in [-0.4, -0.2) is 54.9 Å². The number of hydrogen-bond donors (Lipinski definition) is 2. The van der Waals surface area contributed by atoms with Crippen LogP contribution < -0.4 is 10.6 Å². The van der Waals surface area contributed by atoms with Crippen molar-refractivity contribution < 1.29 is 9.53 Å². The summed E-state index contributed by atoms with van der Waals surface area (Å²) in [6.07, 6.45) is 0.801. The zero-order chi connectivity index (χ0) is 16.2. The lowest BCUT2D eigenvalue weighted by molar-refractivity contribution is 0.0519. The van der Waals surface area contributed by atoms with Gasteiger partial charge in [-0.2, -0.15) is 0 Å². The molecule has 1 rings (SSSR count). The molecule has 5 nitrogen and oxygen atoms in total. The average Bonchev–Trinajstić information content (AvgIpc) is 2.31. The highest BCUT2D eigenvalue weighted by Gasteiger charge is 2.29. The molecule has 0 aliphatic carbocycles. The van der Waals surface area contributed by atoms with Gasteiger partial charge in [-0.3, -0.25) is 0 Å². The number of hydrogen-bond acceptors (Lipinski definition) is 4. The van der Waals surface area contributed by atoms with Crippen LogP contribution in [0.15, 0.2) is 0 Å². The average molecular weight is 299 g/mol. The van der Waals surface area contributed by atoms with Crippen LogP contribution in [0.25, 0.3) is 0 Å². The Morgan fingerprint density at radius 3 is 2.57 bits per heavy atom. The zero-order valence-electron chi connectivity index (χ0n) is 14.7. The minimum Gasteiger partial charge on any atom is -0.444 e. The van der Waals surface area contributed by atoms with E-state index >= 15 is 0 Å². The molecule has 0 aromatic heterocycles. The number of ether oxygens (including phenoxy) is 1. The smallest absolute Gasteiger partial charge is 0.407 e. The molecule has 0 bridgehead atoms. The summed E-state index contributed by atoms with van der Waals surface area (Å²) >= 11 is 0. The van der Waals surface area contributed by atoms with E-state index in [2.05, 4.69) is 43.4 Å². The molecule has 0 aromatic carbocycles. The molecule has 2 N–H and O–H groups in total. The van der Waals surface area contributed by atoms with Gasteiger partial charge in [0.15, 0.2) is 0 Å². The monoisotopic (exact) mass is 299 g/mol. The summed E-state index contributed by atoms with van der Waals surface area (Å²) in [4.78, 5) is 14.1. The number of carbonyl (C=O) groups excluding carboxylic acids is 1. The van der Waals surface area contributed by atoms with E-state index in [1.165, 1.54) is 0 Å². The van der Waals surface area contributed by atoms with Crippen LogP contribution in [0, 0.1) is 5.92 Å². The first-order valence-corrected chi connectivity index (χ1v) is 8.01. The van der Waals surface area contributed by atoms with Crippen molar-refractivity contribution in [2.45, 2.75) is 71.7 Å². The predicted octanol–water partition coefficient (Wildman–Crippen LogP) is 2.22. The Bertz CT molecular complexity index is 341. The van der Waals surface area contributed by atoms with E-state index in [-0.39, 0.29) is 12.1 Å². The molecule has 21 heavy (non-hydrogen) atoms. The van der Waals surface area contributed by atoms with Gasteiger partial charge in [0.05, 0.1) is 0 Å². The molecular formula is C16H33N3O2. The maximum atomic E-state index is 11.6. The molecule has 1 aliphatic heterocycles. The standard InChI is InChI=1S/C16H33N3O2/c1-11-10-19(7)13(3)8-14(11)18-12(2)9-17-15(20)21-16(4,5)6/h11-14,18H,8-10H2,1-7H3,(H,17,20). The van der Waals surface area contributed by atoms with E-state index < -0.39 is 5.60 Å². The second kappa shape index (κ2) is 7.45. The molecule has 0 radical (unpaired) electrons. The molecule has 1 amide bonds. The van der Waals surface area contributed by atoms with E-state index in [0.717, 1.165) is 13.0 Å². The molecule has 4 atom stereocenters. The van der Waals surface area contributed by atoms with Gasteiger partial charge in [0.2, 0.25) is 0 Å². The van der Waals surface area contributed by atoms with Gasteiger partial charge in [0.25, 0.3) is 0 Å². The highest BCUT2D eigenvalue weighted by atomic mass is 16.6. The van der Waals surface area contributed by atoms with Gasteiger partial charge in [-0.25, -0.2) is 4.79 Å². The number of likely N-dealkylation sites (tertiary alicyclic amines) is 1. The fourth-order valence-electron chi connectivity index (χ4n) is 2.75. The van der Waals surface area contributed by atoms with Crippen molar-refractivity contribution in [3.63, 3.8) is 0 Å². The fraction of sp³-hybridized carbons (Fsp3) is 0.938. The lowest BCUT2D eigenvalue weighted by Gasteiger charge is -2.41. The number of carbonyl (C=O) groups is 1. The van der Waals surface area contributed by atoms with Crippen molar-refractivity contribution in [3.8, 4) is 0 Å². The first-order valence-electron chi connectivity index (χ1n) is 8.01. The van der Waals surface area contributed by atoms with E-state index in [0.29, 0.717) is 24.5 Å². The van der Waals surface area contributed by atoms with E-state index in [4.69, 9.17) is 4.74 Å². The fourth-order valence-corrected chi connectivity index (χ4v) is 2.75. The van der Waals surface area contributed by atoms with Gasteiger partial charge in [-0.1, -0.05) is 6.92 Å². The lowest BCUT2D eigenvalue weighted by atomic mass is 9.89. The summed E-state index contributed by atoms with van der Waals surface area (Å²) < 4.78 is 5.25. The normalized spacial score (nSPS) is 29.0. The number of alkyl carbamates (subject to hydrolysis) is 1. The van der Waals surface area contributed by atoms with Crippen LogP contribution in [0.2, 0.25) is 0 Å². The van der Waals surface area contributed by atoms with E-state index in [1.807, 2.05) is 20.8 Å². The molecule has 1 fully saturated rings. The topological polar surface area (TPSA) is 53.6 Å². The molecule has 1 saturated heterocycles. The Labute approximate surface area is 129 Å². The Morgan fingerprint density at radius 2 is 2.00 bits per heavy atom. The van der Waals surface area contributed by atoms with E-state index in [1.54, 1.807) is 0 Å². The van der Waals surface area contributed by atoms with Crippen LogP contribution in [0.3, 0.4) is 0 Å². The summed E-state index contributed by atoms with van der Waals surface area (Å²) in [5.41, 5.74) is -0.446. The van der Waals surface area contributed by atoms with E-state index in [9.17, 15) is 4.79 Å². The second-order valence-electron chi connectivity index (χ2n) is 7.56. The third-order valence-electron chi connectivity index (χ3n) is 4.06. The van der Waals surface area contributed by atoms with Crippen LogP contribution in [0.1, 0.15) is 48.0 Å². The molecule has 124 valence electrons. The Hall–Kier alpha value is -0.810. The summed E-state index contributed by atoms with van der Waals surface area (Å²) in [7, 11) is 2.19. The molecular weight excluding hydrogens is 266 g/mol. The highest BCUT2D eigenvalue weighted by Crippen LogP contribution is 2.21. The molecule has 0 spiro atoms. The highest BCUT2D eigenvalue weighted by molar-refractivity contribution is 5.67. The number of rotatable bonds is 4. The summed E-state index contributed by atoms with van der Waals surface area (Å²) in [6.45, 7) is 14.0. The maximum Gasteiger partial charge on any atom is 0.407 e. The van der Waals surface area contributed by atoms with Gasteiger partial charge in [0.1, 0.15) is 5.60 Å². The molecule has 0 aromatic rings. The predicted molar refractivity (Wildman–Crippen MR) is 86.5 cm³/mol. The third-order valence-corrected chi connectivity index (χ3v) is 4.06. The molecule has 5 heteroatoms. The molecule has 1 heterocycles. The van der Waals surface area contributed by atoms with Crippen LogP contribution in [-0.2, 0) is 4.74 Å². The Kier molecular flexibility index (Phi) is 6.47. The summed E-state index contributed by atoms with van der Waals surface area (Å²) in [5, 5.41) is 6.47. The van der Waals surface area contributed by atoms with Gasteiger partial charge in [0, 0.05) is 31.2 Å². The summed E-state index contributed by atoms with van der Waals surface area (Å²) in [6, 6.07) is 1.34. The van der Waals surface area contributed by atoms with Crippen molar-refractivity contribution in [3.05, 3.63) is 0 Å². The SMILES string of the molecule is CC(CNC(=O)OC(C)(C)C)NC1CC(C)N(C)CC1C. The van der Waals surface area contributed by atoms with Gasteiger partial charge in [-0.15, -0.1) is 0 Å². The van der Waals surface area contributed by atoms with Crippen molar-refractivity contribution >= 4 is 6.09 Å². The minimum absolute atomic E-state index is 0.237. The van der Waals surface area contributed by atoms with Crippen LogP contribution >= 0.6 is 0 Å². The van der Waals surface area contributed by atoms with Crippen molar-refractivity contribution in [1.29, 1.82) is 0 Å². The zero-order valence-corrected chi connectivity index (χ0v) is 14.7. The third kappa shape index (κ3) is 6.66. The van der Waals surface area contributed by atoms with Crippen molar-refractivity contribution in [2.24, 2.45) is 5.92 Å². The number of amides is 1. The minimum atomic E-state index is -0.446. The molecule has 0 saturated carbocycles. The molecule has 1 aliphatic rings. The second-order valence-corrected chi connectivity index (χ2v) is 7.56. The van der Waals surface area contributed by atoms with Gasteiger partial charge >= 0.3 is 6.09 Å². The van der Waals surface area contributed by atoms with Gasteiger partial charge in [-0.05, 0) is 54.0 Å². The molecule has 4 unspecified atom stereocenters. The van der Waals surface area contributed by atoms with Gasteiger partial charge < -0.3 is 20.3 Å². The Morgan fingerprint density at radius 1 is 1.38 bits per heavy atom. The summed E-state index contributed by atoms with van der Waals surface area (Å²) in [5.74, 6) is 0.621. The van der Waals surface area contributed by atoms with Crippen molar-refractivity contribution in [2.75, 3.05) is 20.1 Å². The van der Waals surface area contributed by atoms with Crippen LogP contribution in [0.5, 0.6) is 0 Å². The largest absolute Gasteiger partial charge is 0.444 e.